The van der Waals surface area contributed by atoms with Crippen LogP contribution in [0.15, 0.2) is 11.1 Å². The van der Waals surface area contributed by atoms with E-state index in [0.717, 1.165) is 56.1 Å². The number of ether oxygens (including phenoxy) is 1. The van der Waals surface area contributed by atoms with Gasteiger partial charge in [-0.05, 0) is 122 Å². The molecule has 54 heavy (non-hydrogen) atoms. The van der Waals surface area contributed by atoms with Crippen molar-refractivity contribution in [3.8, 4) is 0 Å². The third kappa shape index (κ3) is 6.06. The van der Waals surface area contributed by atoms with Crippen LogP contribution in [0.4, 0.5) is 0 Å². The summed E-state index contributed by atoms with van der Waals surface area (Å²) >= 11 is 0. The predicted molar refractivity (Wildman–Crippen MR) is 210 cm³/mol. The number of carboxylic acid groups (broad SMARTS) is 1. The molecule has 5 fully saturated rings. The molecular weight excluding hydrogens is 705 g/mol. The average Bonchev–Trinajstić information content (AvgIpc) is 3.38. The molecule has 1 N–H and O–H groups in total. The Kier molecular flexibility index (Phi) is 10.1. The molecule has 11 heteroatoms. The fourth-order valence-corrected chi connectivity index (χ4v) is 14.3. The molecule has 5 aliphatic carbocycles. The number of aliphatic carboxylic acids is 1. The summed E-state index contributed by atoms with van der Waals surface area (Å²) in [6.45, 7) is 20.4. The molecule has 0 spiro atoms. The molecule has 1 saturated heterocycles. The lowest BCUT2D eigenvalue weighted by molar-refractivity contribution is -0.233. The van der Waals surface area contributed by atoms with Crippen LogP contribution >= 0.6 is 0 Å². The Balaban J connectivity index is 1.29. The molecular formula is C43H66N2O8S. The van der Waals surface area contributed by atoms with Gasteiger partial charge in [-0.1, -0.05) is 48.5 Å². The van der Waals surface area contributed by atoms with E-state index < -0.39 is 44.2 Å². The van der Waals surface area contributed by atoms with E-state index in [2.05, 4.69) is 40.5 Å². The van der Waals surface area contributed by atoms with E-state index >= 15 is 0 Å². The minimum Gasteiger partial charge on any atom is -0.481 e. The van der Waals surface area contributed by atoms with Crippen LogP contribution in [0.2, 0.25) is 0 Å². The van der Waals surface area contributed by atoms with Gasteiger partial charge in [0.25, 0.3) is 5.91 Å². The van der Waals surface area contributed by atoms with Gasteiger partial charge < -0.3 is 14.7 Å². The van der Waals surface area contributed by atoms with Crippen molar-refractivity contribution in [1.29, 1.82) is 0 Å². The first-order chi connectivity index (χ1) is 24.8. The molecule has 6 rings (SSSR count). The number of allylic oxidation sites excluding steroid dienone is 2. The van der Waals surface area contributed by atoms with Crippen molar-refractivity contribution in [2.45, 2.75) is 133 Å². The van der Waals surface area contributed by atoms with Crippen molar-refractivity contribution < 1.29 is 38.0 Å². The highest BCUT2D eigenvalue weighted by Gasteiger charge is 2.71. The second-order valence-corrected chi connectivity index (χ2v) is 22.9. The largest absolute Gasteiger partial charge is 0.481 e. The fourth-order valence-electron chi connectivity index (χ4n) is 13.3. The predicted octanol–water partition coefficient (Wildman–Crippen LogP) is 6.35. The maximum absolute atomic E-state index is 14.7. The zero-order chi connectivity index (χ0) is 40.2. The minimum absolute atomic E-state index is 0.0160. The summed E-state index contributed by atoms with van der Waals surface area (Å²) in [6.07, 6.45) is 7.87. The number of piperazine rings is 1. The van der Waals surface area contributed by atoms with Crippen LogP contribution in [-0.4, -0.2) is 92.3 Å². The number of fused-ring (bicyclic) bond motifs is 7. The highest BCUT2D eigenvalue weighted by atomic mass is 32.2. The number of carbonyl (C=O) groups is 5. The summed E-state index contributed by atoms with van der Waals surface area (Å²) in [4.78, 5) is 69.4. The Hall–Kier alpha value is -2.53. The topological polar surface area (TPSA) is 138 Å². The Labute approximate surface area is 323 Å². The SMILES string of the molecule is C=S(C)(=O)N1CCN(C(=O)C(=O)[C@@]23CC[C@]4(C)C(CC[C@@H]5[C@@]6(C)CC[C@H](OC(=O)CC(C)(C)C(=O)O)C(C)(C)C6CC[C@]54C)C2=C(C(C)C)C(=O)C3)CC1. The van der Waals surface area contributed by atoms with E-state index in [1.54, 1.807) is 29.3 Å². The van der Waals surface area contributed by atoms with Gasteiger partial charge in [-0.15, -0.1) is 0 Å². The summed E-state index contributed by atoms with van der Waals surface area (Å²) in [5, 5.41) is 9.61. The molecule has 0 aromatic rings. The first-order valence-corrected chi connectivity index (χ1v) is 22.5. The third-order valence-corrected chi connectivity index (χ3v) is 18.0. The maximum atomic E-state index is 14.7. The molecule has 3 unspecified atom stereocenters. The van der Waals surface area contributed by atoms with E-state index in [1.807, 2.05) is 13.8 Å². The van der Waals surface area contributed by atoms with Crippen molar-refractivity contribution in [1.82, 2.24) is 9.21 Å². The highest BCUT2D eigenvalue weighted by molar-refractivity contribution is 7.97. The molecule has 0 aromatic carbocycles. The molecule has 10 nitrogen and oxygen atoms in total. The number of hydrogen-bond acceptors (Lipinski definition) is 7. The number of amides is 1. The molecule has 4 saturated carbocycles. The second kappa shape index (κ2) is 13.3. The first kappa shape index (κ1) is 41.1. The summed E-state index contributed by atoms with van der Waals surface area (Å²) in [5.41, 5.74) is -1.15. The molecule has 302 valence electrons. The van der Waals surface area contributed by atoms with Gasteiger partial charge in [-0.3, -0.25) is 28.2 Å². The van der Waals surface area contributed by atoms with Crippen molar-refractivity contribution in [3.63, 3.8) is 0 Å². The molecule has 0 radical (unpaired) electrons. The lowest BCUT2D eigenvalue weighted by atomic mass is 9.33. The molecule has 9 atom stereocenters. The molecule has 6 aliphatic rings. The quantitative estimate of drug-likeness (QED) is 0.171. The Morgan fingerprint density at radius 1 is 0.907 bits per heavy atom. The van der Waals surface area contributed by atoms with E-state index in [-0.39, 0.29) is 58.2 Å². The monoisotopic (exact) mass is 770 g/mol. The van der Waals surface area contributed by atoms with Gasteiger partial charge in [0.15, 0.2) is 5.78 Å². The van der Waals surface area contributed by atoms with Crippen molar-refractivity contribution in [3.05, 3.63) is 11.1 Å². The summed E-state index contributed by atoms with van der Waals surface area (Å²) in [7, 11) is -2.41. The summed E-state index contributed by atoms with van der Waals surface area (Å²) in [5.74, 6) is 2.03. The molecule has 0 bridgehead atoms. The number of carbonyl (C=O) groups excluding carboxylic acids is 4. The van der Waals surface area contributed by atoms with Crippen LogP contribution in [-0.2, 0) is 38.4 Å². The smallest absolute Gasteiger partial charge is 0.309 e. The van der Waals surface area contributed by atoms with Crippen molar-refractivity contribution >= 4 is 45.0 Å². The third-order valence-electron chi connectivity index (χ3n) is 16.5. The van der Waals surface area contributed by atoms with Gasteiger partial charge in [0.2, 0.25) is 5.78 Å². The second-order valence-electron chi connectivity index (χ2n) is 20.5. The number of carboxylic acids is 1. The molecule has 1 amide bonds. The number of esters is 1. The number of rotatable bonds is 8. The van der Waals surface area contributed by atoms with Crippen molar-refractivity contribution in [2.75, 3.05) is 32.4 Å². The standard InChI is InChI=1S/C43H66N2O8S/c1-26(2)33-28(46)24-43(35(48)36(49)44-20-22-45(23-21-44)54(10,11)52)19-18-41(8)27(34(33)43)12-13-30-40(7)16-15-31(53-32(47)25-38(3,4)37(50)51)39(5,6)29(40)14-17-42(30,41)9/h26-27,29-31H,10,12-25H2,1-9,11H3,(H,50,51)/t27?,29?,30-,31+,40+,41-,42-,43-,54?/m1/s1. The van der Waals surface area contributed by atoms with Crippen LogP contribution in [0, 0.1) is 56.2 Å². The van der Waals surface area contributed by atoms with Crippen LogP contribution in [0.1, 0.15) is 127 Å². The van der Waals surface area contributed by atoms with E-state index in [1.165, 1.54) is 0 Å². The van der Waals surface area contributed by atoms with Gasteiger partial charge in [0, 0.05) is 54.0 Å². The minimum atomic E-state index is -2.41. The zero-order valence-electron chi connectivity index (χ0n) is 34.6. The van der Waals surface area contributed by atoms with Crippen LogP contribution in [0.3, 0.4) is 0 Å². The Morgan fingerprint density at radius 2 is 1.54 bits per heavy atom. The van der Waals surface area contributed by atoms with Crippen LogP contribution in [0.25, 0.3) is 0 Å². The summed E-state index contributed by atoms with van der Waals surface area (Å²) < 4.78 is 20.5. The van der Waals surface area contributed by atoms with Gasteiger partial charge in [-0.2, -0.15) is 0 Å². The van der Waals surface area contributed by atoms with E-state index in [4.69, 9.17) is 4.74 Å². The summed E-state index contributed by atoms with van der Waals surface area (Å²) in [6, 6.07) is 0. The number of Topliss-reactive ketones (excluding diaryl/α,β-unsaturated/α-hetero) is 2. The highest BCUT2D eigenvalue weighted by Crippen LogP contribution is 2.77. The first-order valence-electron chi connectivity index (χ1n) is 20.4. The lowest BCUT2D eigenvalue weighted by Gasteiger charge is -2.72. The number of hydrogen-bond donors (Lipinski definition) is 1. The number of nitrogens with zero attached hydrogens (tertiary/aromatic N) is 2. The Morgan fingerprint density at radius 3 is 2.11 bits per heavy atom. The normalized spacial score (nSPS) is 39.2. The van der Waals surface area contributed by atoms with Gasteiger partial charge in [0.05, 0.1) is 17.3 Å². The van der Waals surface area contributed by atoms with Crippen LogP contribution in [0.5, 0.6) is 0 Å². The van der Waals surface area contributed by atoms with Gasteiger partial charge in [0.1, 0.15) is 6.10 Å². The maximum Gasteiger partial charge on any atom is 0.309 e. The average molecular weight is 771 g/mol. The molecule has 0 aromatic heterocycles. The fraction of sp³-hybridized carbons (Fsp3) is 0.814. The molecule has 1 heterocycles. The Bertz CT molecular complexity index is 1770. The lowest BCUT2D eigenvalue weighted by Crippen LogP contribution is -2.66. The van der Waals surface area contributed by atoms with E-state index in [9.17, 15) is 33.3 Å². The zero-order valence-corrected chi connectivity index (χ0v) is 35.4. The van der Waals surface area contributed by atoms with Crippen molar-refractivity contribution in [2.24, 2.45) is 56.2 Å². The van der Waals surface area contributed by atoms with Crippen LogP contribution < -0.4 is 0 Å². The number of ketones is 2. The van der Waals surface area contributed by atoms with E-state index in [0.29, 0.717) is 44.4 Å². The van der Waals surface area contributed by atoms with Gasteiger partial charge in [-0.25, -0.2) is 4.31 Å². The molecule has 1 aliphatic heterocycles. The van der Waals surface area contributed by atoms with Gasteiger partial charge >= 0.3 is 11.9 Å².